The molecule has 0 aliphatic carbocycles. The van der Waals surface area contributed by atoms with Crippen molar-refractivity contribution in [3.63, 3.8) is 0 Å². The van der Waals surface area contributed by atoms with Gasteiger partial charge in [-0.05, 0) is 72.7 Å². The summed E-state index contributed by atoms with van der Waals surface area (Å²) >= 11 is 0. The van der Waals surface area contributed by atoms with Crippen molar-refractivity contribution in [1.29, 1.82) is 0 Å². The Hall–Kier alpha value is -2.75. The third-order valence-electron chi connectivity index (χ3n) is 5.42. The second-order valence-corrected chi connectivity index (χ2v) is 9.62. The van der Waals surface area contributed by atoms with Crippen LogP contribution in [-0.2, 0) is 5.41 Å². The Labute approximate surface area is 206 Å². The summed E-state index contributed by atoms with van der Waals surface area (Å²) in [5.41, 5.74) is 2.51. The van der Waals surface area contributed by atoms with E-state index in [-0.39, 0.29) is 11.2 Å². The van der Waals surface area contributed by atoms with Gasteiger partial charge in [-0.15, -0.1) is 0 Å². The van der Waals surface area contributed by atoms with E-state index >= 15 is 0 Å². The van der Waals surface area contributed by atoms with E-state index in [9.17, 15) is 4.79 Å². The summed E-state index contributed by atoms with van der Waals surface area (Å²) < 4.78 is 18.0. The number of unbranched alkanes of at least 4 members (excludes halogenated alkanes) is 2. The molecule has 0 bridgehead atoms. The first-order valence-corrected chi connectivity index (χ1v) is 12.7. The summed E-state index contributed by atoms with van der Waals surface area (Å²) in [5.74, 6) is 2.31. The van der Waals surface area contributed by atoms with E-state index in [0.717, 1.165) is 60.5 Å². The van der Waals surface area contributed by atoms with Gasteiger partial charge in [-0.1, -0.05) is 60.5 Å². The van der Waals surface area contributed by atoms with Gasteiger partial charge < -0.3 is 14.2 Å². The zero-order valence-corrected chi connectivity index (χ0v) is 21.9. The van der Waals surface area contributed by atoms with E-state index in [2.05, 4.69) is 47.6 Å². The normalized spacial score (nSPS) is 11.6. The molecule has 0 saturated carbocycles. The molecule has 0 unspecified atom stereocenters. The molecule has 0 atom stereocenters. The van der Waals surface area contributed by atoms with Gasteiger partial charge in [0.2, 0.25) is 0 Å². The highest BCUT2D eigenvalue weighted by atomic mass is 16.5. The maximum Gasteiger partial charge on any atom is 0.185 e. The number of hydrogen-bond donors (Lipinski definition) is 0. The largest absolute Gasteiger partial charge is 0.494 e. The maximum absolute atomic E-state index is 12.8. The molecule has 0 heterocycles. The van der Waals surface area contributed by atoms with Gasteiger partial charge in [-0.3, -0.25) is 4.79 Å². The van der Waals surface area contributed by atoms with Crippen molar-refractivity contribution in [3.8, 4) is 17.2 Å². The fourth-order valence-electron chi connectivity index (χ4n) is 3.38. The molecule has 186 valence electrons. The Morgan fingerprint density at radius 2 is 1.47 bits per heavy atom. The minimum Gasteiger partial charge on any atom is -0.494 e. The number of allylic oxidation sites excluding steroid dienone is 1. The first-order chi connectivity index (χ1) is 16.3. The summed E-state index contributed by atoms with van der Waals surface area (Å²) in [6.07, 6.45) is 8.55. The van der Waals surface area contributed by atoms with Crippen LogP contribution >= 0.6 is 0 Å². The summed E-state index contributed by atoms with van der Waals surface area (Å²) in [6.45, 7) is 14.9. The van der Waals surface area contributed by atoms with Gasteiger partial charge in [0, 0.05) is 11.1 Å². The van der Waals surface area contributed by atoms with Crippen molar-refractivity contribution in [1.82, 2.24) is 0 Å². The molecular weight excluding hydrogens is 424 g/mol. The highest BCUT2D eigenvalue weighted by Gasteiger charge is 2.23. The lowest BCUT2D eigenvalue weighted by molar-refractivity contribution is 0.104. The molecule has 0 radical (unpaired) electrons. The topological polar surface area (TPSA) is 44.8 Å². The fourth-order valence-corrected chi connectivity index (χ4v) is 3.38. The lowest BCUT2D eigenvalue weighted by Crippen LogP contribution is -2.15. The van der Waals surface area contributed by atoms with Crippen LogP contribution in [0, 0.1) is 0 Å². The van der Waals surface area contributed by atoms with Crippen LogP contribution in [-0.4, -0.2) is 25.6 Å². The third-order valence-corrected chi connectivity index (χ3v) is 5.42. The zero-order chi connectivity index (χ0) is 25.0. The van der Waals surface area contributed by atoms with Crippen LogP contribution in [0.15, 0.2) is 42.5 Å². The number of hydrogen-bond acceptors (Lipinski definition) is 4. The number of carbonyl (C=O) groups is 1. The molecule has 0 amide bonds. The predicted octanol–water partition coefficient (Wildman–Crippen LogP) is 8.03. The fraction of sp³-hybridized carbons (Fsp3) is 0.500. The summed E-state index contributed by atoms with van der Waals surface area (Å²) in [5, 5.41) is 0. The van der Waals surface area contributed by atoms with Crippen molar-refractivity contribution in [2.24, 2.45) is 0 Å². The lowest BCUT2D eigenvalue weighted by Gasteiger charge is -2.25. The van der Waals surface area contributed by atoms with Crippen LogP contribution in [0.25, 0.3) is 6.08 Å². The Kier molecular flexibility index (Phi) is 11.2. The first-order valence-electron chi connectivity index (χ1n) is 12.7. The molecule has 0 saturated heterocycles. The SMILES string of the molecule is CCCCOc1cc(C=CC(=O)c2ccc(OCCC)cc2)cc(C(C)(C)C)c1OCCCC. The molecule has 0 N–H and O–H groups in total. The van der Waals surface area contributed by atoms with Gasteiger partial charge >= 0.3 is 0 Å². The van der Waals surface area contributed by atoms with Crippen molar-refractivity contribution in [2.75, 3.05) is 19.8 Å². The summed E-state index contributed by atoms with van der Waals surface area (Å²) in [4.78, 5) is 12.8. The van der Waals surface area contributed by atoms with Gasteiger partial charge in [0.05, 0.1) is 19.8 Å². The summed E-state index contributed by atoms with van der Waals surface area (Å²) in [6, 6.07) is 11.4. The van der Waals surface area contributed by atoms with Crippen molar-refractivity contribution in [2.45, 2.75) is 79.1 Å². The molecule has 0 aliphatic heterocycles. The number of rotatable bonds is 14. The highest BCUT2D eigenvalue weighted by molar-refractivity contribution is 6.06. The molecule has 0 aromatic heterocycles. The van der Waals surface area contributed by atoms with Crippen molar-refractivity contribution in [3.05, 3.63) is 59.2 Å². The Bertz CT molecular complexity index is 920. The molecule has 2 aromatic rings. The van der Waals surface area contributed by atoms with E-state index in [1.807, 2.05) is 36.4 Å². The zero-order valence-electron chi connectivity index (χ0n) is 21.9. The monoisotopic (exact) mass is 466 g/mol. The van der Waals surface area contributed by atoms with E-state index < -0.39 is 0 Å². The Balaban J connectivity index is 2.32. The van der Waals surface area contributed by atoms with E-state index in [4.69, 9.17) is 14.2 Å². The second-order valence-electron chi connectivity index (χ2n) is 9.62. The smallest absolute Gasteiger partial charge is 0.185 e. The predicted molar refractivity (Wildman–Crippen MR) is 142 cm³/mol. The standard InChI is InChI=1S/C30H42O4/c1-7-10-19-33-28-22-23(21-26(30(4,5)6)29(28)34-20-11-8-2)12-17-27(31)24-13-15-25(16-14-24)32-18-9-3/h12-17,21-22H,7-11,18-20H2,1-6H3. The number of benzene rings is 2. The molecule has 0 aliphatic rings. The molecule has 4 heteroatoms. The lowest BCUT2D eigenvalue weighted by atomic mass is 9.85. The Morgan fingerprint density at radius 1 is 0.824 bits per heavy atom. The van der Waals surface area contributed by atoms with Crippen LogP contribution < -0.4 is 14.2 Å². The minimum absolute atomic E-state index is 0.0453. The first kappa shape index (κ1) is 27.5. The van der Waals surface area contributed by atoms with E-state index in [1.165, 1.54) is 0 Å². The number of carbonyl (C=O) groups excluding carboxylic acids is 1. The van der Waals surface area contributed by atoms with Crippen molar-refractivity contribution >= 4 is 11.9 Å². The molecule has 0 spiro atoms. The summed E-state index contributed by atoms with van der Waals surface area (Å²) in [7, 11) is 0. The number of ether oxygens (including phenoxy) is 3. The second kappa shape index (κ2) is 13.8. The Morgan fingerprint density at radius 3 is 2.06 bits per heavy atom. The van der Waals surface area contributed by atoms with E-state index in [1.54, 1.807) is 6.08 Å². The van der Waals surface area contributed by atoms with Gasteiger partial charge in [0.25, 0.3) is 0 Å². The van der Waals surface area contributed by atoms with Gasteiger partial charge in [-0.25, -0.2) is 0 Å². The van der Waals surface area contributed by atoms with Gasteiger partial charge in [-0.2, -0.15) is 0 Å². The van der Waals surface area contributed by atoms with Gasteiger partial charge in [0.15, 0.2) is 17.3 Å². The molecular formula is C30H42O4. The molecule has 2 aromatic carbocycles. The molecule has 4 nitrogen and oxygen atoms in total. The van der Waals surface area contributed by atoms with Crippen LogP contribution in [0.4, 0.5) is 0 Å². The van der Waals surface area contributed by atoms with Crippen LogP contribution in [0.2, 0.25) is 0 Å². The molecule has 2 rings (SSSR count). The average Bonchev–Trinajstić information content (AvgIpc) is 2.82. The van der Waals surface area contributed by atoms with Crippen LogP contribution in [0.3, 0.4) is 0 Å². The minimum atomic E-state index is -0.132. The third kappa shape index (κ3) is 8.55. The average molecular weight is 467 g/mol. The van der Waals surface area contributed by atoms with Gasteiger partial charge in [0.1, 0.15) is 5.75 Å². The van der Waals surface area contributed by atoms with Crippen LogP contribution in [0.1, 0.15) is 95.1 Å². The highest BCUT2D eigenvalue weighted by Crippen LogP contribution is 2.40. The van der Waals surface area contributed by atoms with Crippen LogP contribution in [0.5, 0.6) is 17.2 Å². The molecule has 0 fully saturated rings. The quantitative estimate of drug-likeness (QED) is 0.161. The van der Waals surface area contributed by atoms with Crippen molar-refractivity contribution < 1.29 is 19.0 Å². The maximum atomic E-state index is 12.8. The van der Waals surface area contributed by atoms with E-state index in [0.29, 0.717) is 25.4 Å². The molecule has 34 heavy (non-hydrogen) atoms. The number of ketones is 1.